The average molecular weight is 450 g/mol. The second-order valence-corrected chi connectivity index (χ2v) is 8.75. The molecule has 0 aliphatic heterocycles. The Labute approximate surface area is 190 Å². The highest BCUT2D eigenvalue weighted by atomic mass is 32.2. The van der Waals surface area contributed by atoms with E-state index in [0.29, 0.717) is 11.3 Å². The van der Waals surface area contributed by atoms with Crippen molar-refractivity contribution in [1.82, 2.24) is 0 Å². The van der Waals surface area contributed by atoms with Gasteiger partial charge in [0.2, 0.25) is 5.91 Å². The molecule has 0 bridgehead atoms. The lowest BCUT2D eigenvalue weighted by molar-refractivity contribution is -0.384. The van der Waals surface area contributed by atoms with Gasteiger partial charge in [-0.15, -0.1) is 11.8 Å². The molecule has 2 N–H and O–H groups in total. The summed E-state index contributed by atoms with van der Waals surface area (Å²) in [4.78, 5) is 36.1. The van der Waals surface area contributed by atoms with Gasteiger partial charge in [0.25, 0.3) is 11.6 Å². The highest BCUT2D eigenvalue weighted by Crippen LogP contribution is 2.27. The first-order chi connectivity index (χ1) is 15.2. The largest absolute Gasteiger partial charge is 0.325 e. The monoisotopic (exact) mass is 449 g/mol. The Bertz CT molecular complexity index is 1160. The van der Waals surface area contributed by atoms with Gasteiger partial charge in [-0.25, -0.2) is 0 Å². The number of hydrogen-bond acceptors (Lipinski definition) is 5. The van der Waals surface area contributed by atoms with Gasteiger partial charge in [-0.2, -0.15) is 0 Å². The van der Waals surface area contributed by atoms with E-state index in [9.17, 15) is 19.7 Å². The van der Waals surface area contributed by atoms with Gasteiger partial charge in [-0.1, -0.05) is 12.1 Å². The summed E-state index contributed by atoms with van der Waals surface area (Å²) in [7, 11) is 0. The summed E-state index contributed by atoms with van der Waals surface area (Å²) in [5.41, 5.74) is 3.84. The van der Waals surface area contributed by atoms with Crippen LogP contribution in [-0.4, -0.2) is 22.0 Å². The van der Waals surface area contributed by atoms with E-state index in [1.54, 1.807) is 18.2 Å². The standard InChI is InChI=1S/C24H23N3O4S/c1-15-7-10-20(13-16(15)2)25-23(28)17(3)32-22-6-4-5-19(14-22)26-24(29)18-8-11-21(12-9-18)27(30)31/h4-14,17H,1-3H3,(H,25,28)(H,26,29). The highest BCUT2D eigenvalue weighted by molar-refractivity contribution is 8.00. The van der Waals surface area contributed by atoms with Gasteiger partial charge in [0.1, 0.15) is 0 Å². The van der Waals surface area contributed by atoms with Gasteiger partial charge in [-0.3, -0.25) is 19.7 Å². The molecule has 0 aliphatic carbocycles. The smallest absolute Gasteiger partial charge is 0.269 e. The van der Waals surface area contributed by atoms with E-state index in [1.165, 1.54) is 36.0 Å². The Morgan fingerprint density at radius 3 is 2.25 bits per heavy atom. The quantitative estimate of drug-likeness (QED) is 0.278. The van der Waals surface area contributed by atoms with Crippen molar-refractivity contribution in [2.24, 2.45) is 0 Å². The zero-order chi connectivity index (χ0) is 23.3. The van der Waals surface area contributed by atoms with Crippen LogP contribution in [0.2, 0.25) is 0 Å². The van der Waals surface area contributed by atoms with Crippen molar-refractivity contribution in [1.29, 1.82) is 0 Å². The van der Waals surface area contributed by atoms with E-state index in [-0.39, 0.29) is 22.8 Å². The third kappa shape index (κ3) is 5.95. The summed E-state index contributed by atoms with van der Waals surface area (Å²) in [6, 6.07) is 18.4. The number of non-ortho nitro benzene ring substituents is 1. The molecule has 1 unspecified atom stereocenters. The number of nitrogens with one attached hydrogen (secondary N) is 2. The Morgan fingerprint density at radius 1 is 0.906 bits per heavy atom. The Balaban J connectivity index is 1.62. The molecule has 8 heteroatoms. The van der Waals surface area contributed by atoms with Crippen molar-refractivity contribution in [2.75, 3.05) is 10.6 Å². The first-order valence-corrected chi connectivity index (χ1v) is 10.8. The number of anilines is 2. The Kier molecular flexibility index (Phi) is 7.27. The number of thioether (sulfide) groups is 1. The van der Waals surface area contributed by atoms with Gasteiger partial charge >= 0.3 is 0 Å². The molecule has 32 heavy (non-hydrogen) atoms. The maximum Gasteiger partial charge on any atom is 0.269 e. The lowest BCUT2D eigenvalue weighted by Crippen LogP contribution is -2.22. The van der Waals surface area contributed by atoms with Gasteiger partial charge in [-0.05, 0) is 74.4 Å². The molecule has 7 nitrogen and oxygen atoms in total. The Morgan fingerprint density at radius 2 is 1.59 bits per heavy atom. The fourth-order valence-corrected chi connectivity index (χ4v) is 3.83. The van der Waals surface area contributed by atoms with E-state index >= 15 is 0 Å². The van der Waals surface area contributed by atoms with E-state index in [1.807, 2.05) is 45.0 Å². The van der Waals surface area contributed by atoms with Crippen molar-refractivity contribution in [3.63, 3.8) is 0 Å². The van der Waals surface area contributed by atoms with Crippen molar-refractivity contribution < 1.29 is 14.5 Å². The predicted molar refractivity (Wildman–Crippen MR) is 127 cm³/mol. The normalized spacial score (nSPS) is 11.5. The molecule has 0 aliphatic rings. The minimum atomic E-state index is -0.514. The number of benzene rings is 3. The summed E-state index contributed by atoms with van der Waals surface area (Å²) in [5, 5.41) is 16.1. The predicted octanol–water partition coefficient (Wildman–Crippen LogP) is 5.58. The molecule has 3 rings (SSSR count). The van der Waals surface area contributed by atoms with Crippen LogP contribution in [-0.2, 0) is 4.79 Å². The molecule has 0 spiro atoms. The summed E-state index contributed by atoms with van der Waals surface area (Å²) < 4.78 is 0. The summed E-state index contributed by atoms with van der Waals surface area (Å²) >= 11 is 1.38. The number of rotatable bonds is 7. The molecule has 0 fully saturated rings. The summed E-state index contributed by atoms with van der Waals surface area (Å²) in [6.45, 7) is 5.84. The van der Waals surface area contributed by atoms with E-state index in [2.05, 4.69) is 10.6 Å². The number of nitro groups is 1. The first-order valence-electron chi connectivity index (χ1n) is 9.93. The molecule has 0 heterocycles. The molecule has 2 amide bonds. The van der Waals surface area contributed by atoms with Gasteiger partial charge in [0, 0.05) is 34.0 Å². The number of nitro benzene ring substituents is 1. The number of hydrogen-bond donors (Lipinski definition) is 2. The van der Waals surface area contributed by atoms with Gasteiger partial charge < -0.3 is 10.6 Å². The van der Waals surface area contributed by atoms with E-state index in [4.69, 9.17) is 0 Å². The molecular formula is C24H23N3O4S. The number of nitrogens with zero attached hydrogens (tertiary/aromatic N) is 1. The fraction of sp³-hybridized carbons (Fsp3) is 0.167. The third-order valence-electron chi connectivity index (χ3n) is 4.89. The van der Waals surface area contributed by atoms with Crippen LogP contribution >= 0.6 is 11.8 Å². The minimum Gasteiger partial charge on any atom is -0.325 e. The SMILES string of the molecule is Cc1ccc(NC(=O)C(C)Sc2cccc(NC(=O)c3ccc([N+](=O)[O-])cc3)c2)cc1C. The van der Waals surface area contributed by atoms with Crippen LogP contribution in [0, 0.1) is 24.0 Å². The number of carbonyl (C=O) groups excluding carboxylic acids is 2. The van der Waals surface area contributed by atoms with Gasteiger partial charge in [0.05, 0.1) is 10.2 Å². The van der Waals surface area contributed by atoms with E-state index in [0.717, 1.165) is 21.7 Å². The van der Waals surface area contributed by atoms with Crippen LogP contribution in [0.3, 0.4) is 0 Å². The van der Waals surface area contributed by atoms with Crippen LogP contribution in [0.1, 0.15) is 28.4 Å². The van der Waals surface area contributed by atoms with Crippen LogP contribution < -0.4 is 10.6 Å². The minimum absolute atomic E-state index is 0.0759. The van der Waals surface area contributed by atoms with Crippen molar-refractivity contribution in [3.8, 4) is 0 Å². The Hall–Kier alpha value is -3.65. The highest BCUT2D eigenvalue weighted by Gasteiger charge is 2.16. The zero-order valence-electron chi connectivity index (χ0n) is 17.9. The van der Waals surface area contributed by atoms with Crippen LogP contribution in [0.5, 0.6) is 0 Å². The average Bonchev–Trinajstić information content (AvgIpc) is 2.76. The molecule has 3 aromatic carbocycles. The lowest BCUT2D eigenvalue weighted by atomic mass is 10.1. The zero-order valence-corrected chi connectivity index (χ0v) is 18.7. The fourth-order valence-electron chi connectivity index (χ4n) is 2.91. The first kappa shape index (κ1) is 23.0. The van der Waals surface area contributed by atoms with Gasteiger partial charge in [0.15, 0.2) is 0 Å². The van der Waals surface area contributed by atoms with E-state index < -0.39 is 4.92 Å². The van der Waals surface area contributed by atoms with Crippen molar-refractivity contribution in [3.05, 3.63) is 93.5 Å². The third-order valence-corrected chi connectivity index (χ3v) is 5.98. The van der Waals surface area contributed by atoms with Crippen LogP contribution in [0.15, 0.2) is 71.6 Å². The van der Waals surface area contributed by atoms with Crippen molar-refractivity contribution in [2.45, 2.75) is 30.9 Å². The molecule has 0 saturated carbocycles. The maximum atomic E-state index is 12.6. The molecule has 164 valence electrons. The van der Waals surface area contributed by atoms with Crippen LogP contribution in [0.25, 0.3) is 0 Å². The number of aryl methyl sites for hydroxylation is 2. The number of carbonyl (C=O) groups is 2. The molecule has 0 radical (unpaired) electrons. The molecule has 0 saturated heterocycles. The lowest BCUT2D eigenvalue weighted by Gasteiger charge is -2.14. The summed E-state index contributed by atoms with van der Waals surface area (Å²) in [5.74, 6) is -0.485. The molecular weight excluding hydrogens is 426 g/mol. The summed E-state index contributed by atoms with van der Waals surface area (Å²) in [6.07, 6.45) is 0. The van der Waals surface area contributed by atoms with Crippen molar-refractivity contribution >= 4 is 40.6 Å². The topological polar surface area (TPSA) is 101 Å². The van der Waals surface area contributed by atoms with Crippen LogP contribution in [0.4, 0.5) is 17.1 Å². The molecule has 0 aromatic heterocycles. The number of amides is 2. The maximum absolute atomic E-state index is 12.6. The molecule has 3 aromatic rings. The second-order valence-electron chi connectivity index (χ2n) is 7.33. The molecule has 1 atom stereocenters. The second kappa shape index (κ2) is 10.1.